The van der Waals surface area contributed by atoms with E-state index in [-0.39, 0.29) is 10.9 Å². The number of nitrogens with zero attached hydrogens (tertiary/aromatic N) is 2. The van der Waals surface area contributed by atoms with Crippen LogP contribution < -0.4 is 10.3 Å². The molecule has 196 valence electrons. The Labute approximate surface area is 222 Å². The second-order valence-electron chi connectivity index (χ2n) is 10.3. The Morgan fingerprint density at radius 3 is 2.32 bits per heavy atom. The smallest absolute Gasteiger partial charge is 0.341 e. The number of aromatic nitrogens is 1. The SMILES string of the molecule is CCCC1CN(c2cc3c(cc2F)c(=O)c(C(=O)O)cn3Cc2ccc(-c3ccccc3)cc2)CC1CC. The average Bonchev–Trinajstić information content (AvgIpc) is 3.33. The number of carbonyl (C=O) groups is 1. The summed E-state index contributed by atoms with van der Waals surface area (Å²) in [4.78, 5) is 27.0. The molecule has 6 heteroatoms. The largest absolute Gasteiger partial charge is 0.477 e. The lowest BCUT2D eigenvalue weighted by molar-refractivity contribution is 0.0695. The molecule has 4 aromatic rings. The Kier molecular flexibility index (Phi) is 7.32. The quantitative estimate of drug-likeness (QED) is 0.282. The summed E-state index contributed by atoms with van der Waals surface area (Å²) in [5.74, 6) is -0.783. The van der Waals surface area contributed by atoms with E-state index in [1.165, 1.54) is 12.3 Å². The maximum absolute atomic E-state index is 15.5. The van der Waals surface area contributed by atoms with Crippen molar-refractivity contribution >= 4 is 22.6 Å². The molecule has 1 fully saturated rings. The summed E-state index contributed by atoms with van der Waals surface area (Å²) in [5.41, 5.74) is 3.13. The molecule has 1 N–H and O–H groups in total. The molecule has 5 nitrogen and oxygen atoms in total. The number of anilines is 1. The van der Waals surface area contributed by atoms with Crippen LogP contribution in [0.2, 0.25) is 0 Å². The van der Waals surface area contributed by atoms with Crippen LogP contribution in [0.5, 0.6) is 0 Å². The van der Waals surface area contributed by atoms with E-state index in [0.717, 1.165) is 49.0 Å². The van der Waals surface area contributed by atoms with E-state index < -0.39 is 17.2 Å². The van der Waals surface area contributed by atoms with Gasteiger partial charge in [-0.25, -0.2) is 9.18 Å². The van der Waals surface area contributed by atoms with E-state index in [9.17, 15) is 14.7 Å². The summed E-state index contributed by atoms with van der Waals surface area (Å²) >= 11 is 0. The lowest BCUT2D eigenvalue weighted by atomic mass is 9.90. The predicted molar refractivity (Wildman–Crippen MR) is 150 cm³/mol. The van der Waals surface area contributed by atoms with E-state index in [4.69, 9.17) is 0 Å². The van der Waals surface area contributed by atoms with Crippen LogP contribution in [0.25, 0.3) is 22.0 Å². The number of pyridine rings is 1. The van der Waals surface area contributed by atoms with Crippen LogP contribution in [0.15, 0.2) is 77.7 Å². The minimum absolute atomic E-state index is 0.0865. The fourth-order valence-electron chi connectivity index (χ4n) is 5.85. The topological polar surface area (TPSA) is 62.5 Å². The molecule has 0 aliphatic carbocycles. The Bertz CT molecular complexity index is 1510. The summed E-state index contributed by atoms with van der Waals surface area (Å²) in [6.07, 6.45) is 4.63. The minimum Gasteiger partial charge on any atom is -0.477 e. The van der Waals surface area contributed by atoms with Crippen LogP contribution in [-0.2, 0) is 6.54 Å². The Morgan fingerprint density at radius 1 is 0.974 bits per heavy atom. The Balaban J connectivity index is 1.56. The van der Waals surface area contributed by atoms with Crippen LogP contribution in [0.4, 0.5) is 10.1 Å². The fraction of sp³-hybridized carbons (Fsp3) is 0.312. The second kappa shape index (κ2) is 10.8. The molecule has 0 saturated carbocycles. The summed E-state index contributed by atoms with van der Waals surface area (Å²) in [6.45, 7) is 6.28. The highest BCUT2D eigenvalue weighted by Gasteiger charge is 2.32. The molecule has 1 saturated heterocycles. The van der Waals surface area contributed by atoms with E-state index in [0.29, 0.717) is 29.6 Å². The van der Waals surface area contributed by atoms with Gasteiger partial charge in [-0.3, -0.25) is 4.79 Å². The highest BCUT2D eigenvalue weighted by molar-refractivity contribution is 5.93. The molecule has 1 aliphatic rings. The van der Waals surface area contributed by atoms with Gasteiger partial charge in [0.25, 0.3) is 0 Å². The van der Waals surface area contributed by atoms with E-state index in [1.807, 2.05) is 54.6 Å². The van der Waals surface area contributed by atoms with Gasteiger partial charge in [0.15, 0.2) is 0 Å². The molecule has 0 spiro atoms. The monoisotopic (exact) mass is 512 g/mol. The molecule has 2 heterocycles. The van der Waals surface area contributed by atoms with E-state index in [2.05, 4.69) is 18.7 Å². The number of fused-ring (bicyclic) bond motifs is 1. The van der Waals surface area contributed by atoms with Crippen molar-refractivity contribution in [3.8, 4) is 11.1 Å². The molecule has 2 atom stereocenters. The van der Waals surface area contributed by atoms with Gasteiger partial charge in [0.1, 0.15) is 11.4 Å². The molecule has 0 radical (unpaired) electrons. The van der Waals surface area contributed by atoms with Crippen molar-refractivity contribution in [1.29, 1.82) is 0 Å². The van der Waals surface area contributed by atoms with E-state index in [1.54, 1.807) is 10.6 Å². The number of carboxylic acid groups (broad SMARTS) is 1. The lowest BCUT2D eigenvalue weighted by Gasteiger charge is -2.21. The van der Waals surface area contributed by atoms with Crippen molar-refractivity contribution < 1.29 is 14.3 Å². The third-order valence-electron chi connectivity index (χ3n) is 7.89. The van der Waals surface area contributed by atoms with Crippen molar-refractivity contribution in [3.05, 3.63) is 100 Å². The minimum atomic E-state index is -1.32. The van der Waals surface area contributed by atoms with Crippen LogP contribution >= 0.6 is 0 Å². The number of hydrogen-bond acceptors (Lipinski definition) is 3. The highest BCUT2D eigenvalue weighted by atomic mass is 19.1. The van der Waals surface area contributed by atoms with Gasteiger partial charge in [-0.05, 0) is 47.1 Å². The van der Waals surface area contributed by atoms with Gasteiger partial charge in [0, 0.05) is 31.2 Å². The van der Waals surface area contributed by atoms with Gasteiger partial charge in [0.05, 0.1) is 11.2 Å². The molecule has 0 bridgehead atoms. The summed E-state index contributed by atoms with van der Waals surface area (Å²) < 4.78 is 17.2. The average molecular weight is 513 g/mol. The molecule has 3 aromatic carbocycles. The molecule has 1 aliphatic heterocycles. The maximum atomic E-state index is 15.5. The molecule has 0 amide bonds. The molecule has 2 unspecified atom stereocenters. The standard InChI is InChI=1S/C32H33FN2O3/c1-3-8-25-19-35(18-22(25)4-2)30-16-29-26(15-28(30)33)31(36)27(32(37)38)20-34(29)17-21-11-13-24(14-12-21)23-9-6-5-7-10-23/h5-7,9-16,20,22,25H,3-4,8,17-19H2,1-2H3,(H,37,38). The Hall–Kier alpha value is -3.93. The maximum Gasteiger partial charge on any atom is 0.341 e. The Morgan fingerprint density at radius 2 is 1.66 bits per heavy atom. The summed E-state index contributed by atoms with van der Waals surface area (Å²) in [5, 5.41) is 9.78. The zero-order valence-electron chi connectivity index (χ0n) is 21.9. The normalized spacial score (nSPS) is 17.3. The number of halogens is 1. The molecule has 38 heavy (non-hydrogen) atoms. The zero-order valence-corrected chi connectivity index (χ0v) is 21.9. The van der Waals surface area contributed by atoms with E-state index >= 15 is 4.39 Å². The number of hydrogen-bond donors (Lipinski definition) is 1. The molecular formula is C32H33FN2O3. The van der Waals surface area contributed by atoms with Crippen molar-refractivity contribution in [3.63, 3.8) is 0 Å². The van der Waals surface area contributed by atoms with Gasteiger partial charge in [-0.15, -0.1) is 0 Å². The van der Waals surface area contributed by atoms with Gasteiger partial charge in [0.2, 0.25) is 5.43 Å². The van der Waals surface area contributed by atoms with Gasteiger partial charge < -0.3 is 14.6 Å². The summed E-state index contributed by atoms with van der Waals surface area (Å²) in [6, 6.07) is 21.1. The van der Waals surface area contributed by atoms with Crippen LogP contribution in [0.3, 0.4) is 0 Å². The first-order chi connectivity index (χ1) is 18.4. The van der Waals surface area contributed by atoms with Crippen LogP contribution in [0, 0.1) is 17.7 Å². The predicted octanol–water partition coefficient (Wildman–Crippen LogP) is 6.82. The van der Waals surface area contributed by atoms with Gasteiger partial charge in [-0.2, -0.15) is 0 Å². The first-order valence-electron chi connectivity index (χ1n) is 13.4. The molecular weight excluding hydrogens is 479 g/mol. The van der Waals surface area contributed by atoms with Crippen molar-refractivity contribution in [2.75, 3.05) is 18.0 Å². The highest BCUT2D eigenvalue weighted by Crippen LogP contribution is 2.35. The summed E-state index contributed by atoms with van der Waals surface area (Å²) in [7, 11) is 0. The number of benzene rings is 3. The van der Waals surface area contributed by atoms with Crippen LogP contribution in [-0.4, -0.2) is 28.7 Å². The van der Waals surface area contributed by atoms with Crippen LogP contribution in [0.1, 0.15) is 49.0 Å². The van der Waals surface area contributed by atoms with Gasteiger partial charge >= 0.3 is 5.97 Å². The molecule has 1 aromatic heterocycles. The third-order valence-corrected chi connectivity index (χ3v) is 7.89. The number of aromatic carboxylic acids is 1. The number of rotatable bonds is 8. The molecule has 5 rings (SSSR count). The first kappa shape index (κ1) is 25.7. The fourth-order valence-corrected chi connectivity index (χ4v) is 5.85. The van der Waals surface area contributed by atoms with Gasteiger partial charge in [-0.1, -0.05) is 81.3 Å². The van der Waals surface area contributed by atoms with Crippen molar-refractivity contribution in [2.45, 2.75) is 39.7 Å². The first-order valence-corrected chi connectivity index (χ1v) is 13.4. The number of carboxylic acids is 1. The zero-order chi connectivity index (χ0) is 26.8. The lowest BCUT2D eigenvalue weighted by Crippen LogP contribution is -2.23. The third kappa shape index (κ3) is 4.95. The van der Waals surface area contributed by atoms with Crippen molar-refractivity contribution in [1.82, 2.24) is 4.57 Å². The second-order valence-corrected chi connectivity index (χ2v) is 10.3. The van der Waals surface area contributed by atoms with Crippen molar-refractivity contribution in [2.24, 2.45) is 11.8 Å².